The van der Waals surface area contributed by atoms with Gasteiger partial charge in [-0.2, -0.15) is 0 Å². The van der Waals surface area contributed by atoms with E-state index in [0.717, 1.165) is 37.7 Å². The second-order valence-electron chi connectivity index (χ2n) is 9.69. The van der Waals surface area contributed by atoms with Gasteiger partial charge in [-0.15, -0.1) is 0 Å². The normalized spacial score (nSPS) is 22.0. The summed E-state index contributed by atoms with van der Waals surface area (Å²) in [5.41, 5.74) is 7.34. The molecule has 2 aliphatic heterocycles. The van der Waals surface area contributed by atoms with Gasteiger partial charge in [0.15, 0.2) is 5.25 Å². The summed E-state index contributed by atoms with van der Waals surface area (Å²) >= 11 is 1.01. The number of benzene rings is 2. The first-order chi connectivity index (χ1) is 17.4. The molecule has 0 aliphatic carbocycles. The largest absolute Gasteiger partial charge is 0.469 e. The van der Waals surface area contributed by atoms with Gasteiger partial charge in [-0.05, 0) is 55.1 Å². The van der Waals surface area contributed by atoms with Gasteiger partial charge in [0.25, 0.3) is 0 Å². The second-order valence-corrected chi connectivity index (χ2v) is 11.2. The van der Waals surface area contributed by atoms with Gasteiger partial charge in [0.2, 0.25) is 17.2 Å². The Balaban J connectivity index is 1.24. The van der Waals surface area contributed by atoms with Crippen LogP contribution < -0.4 is 16.4 Å². The van der Waals surface area contributed by atoms with Gasteiger partial charge in [0.05, 0.1) is 19.6 Å². The van der Waals surface area contributed by atoms with Gasteiger partial charge in [-0.3, -0.25) is 19.3 Å². The first kappa shape index (κ1) is 26.4. The zero-order chi connectivity index (χ0) is 25.7. The molecule has 4 rings (SSSR count). The van der Waals surface area contributed by atoms with Crippen LogP contribution >= 0.6 is 0 Å². The molecule has 0 saturated carbocycles. The molecule has 2 fully saturated rings. The number of amides is 2. The number of esters is 1. The summed E-state index contributed by atoms with van der Waals surface area (Å²) < 4.78 is 4.66. The molecule has 194 valence electrons. The molecule has 2 heterocycles. The first-order valence-corrected chi connectivity index (χ1v) is 13.7. The topological polar surface area (TPSA) is 114 Å². The molecule has 4 atom stereocenters. The highest BCUT2D eigenvalue weighted by molar-refractivity contribution is 7.87. The quantitative estimate of drug-likeness (QED) is 0.192. The number of nitrogens with zero attached hydrogens (tertiary/aromatic N) is 1. The van der Waals surface area contributed by atoms with Crippen LogP contribution in [-0.2, 0) is 30.9 Å². The Morgan fingerprint density at radius 1 is 1.14 bits per heavy atom. The van der Waals surface area contributed by atoms with Crippen LogP contribution in [-0.4, -0.2) is 66.6 Å². The summed E-state index contributed by atoms with van der Waals surface area (Å²) in [6.07, 6.45) is 2.09. The molecule has 0 aromatic heterocycles. The minimum Gasteiger partial charge on any atom is -0.469 e. The van der Waals surface area contributed by atoms with E-state index in [0.29, 0.717) is 6.42 Å². The number of methoxy groups -OCH3 is 1. The van der Waals surface area contributed by atoms with Crippen LogP contribution in [0.2, 0.25) is 0 Å². The Kier molecular flexibility index (Phi) is 8.87. The maximum atomic E-state index is 12.9. The second kappa shape index (κ2) is 12.1. The van der Waals surface area contributed by atoms with E-state index in [2.05, 4.69) is 69.7 Å². The molecule has 2 saturated heterocycles. The Morgan fingerprint density at radius 3 is 2.58 bits per heavy atom. The van der Waals surface area contributed by atoms with E-state index in [1.54, 1.807) is 0 Å². The fraction of sp³-hybridized carbons (Fsp3) is 0.519. The predicted molar refractivity (Wildman–Crippen MR) is 143 cm³/mol. The molecule has 4 N–H and O–H groups in total. The number of fused-ring (bicyclic) bond motifs is 1. The van der Waals surface area contributed by atoms with Gasteiger partial charge in [0, 0.05) is 24.3 Å². The lowest BCUT2D eigenvalue weighted by atomic mass is 9.83. The molecule has 0 spiro atoms. The van der Waals surface area contributed by atoms with Crippen LogP contribution in [0.3, 0.4) is 0 Å². The Bertz CT molecular complexity index is 1080. The van der Waals surface area contributed by atoms with E-state index >= 15 is 0 Å². The van der Waals surface area contributed by atoms with Crippen LogP contribution in [0.25, 0.3) is 10.8 Å². The van der Waals surface area contributed by atoms with E-state index in [1.807, 2.05) is 0 Å². The maximum absolute atomic E-state index is 12.9. The third-order valence-electron chi connectivity index (χ3n) is 7.52. The summed E-state index contributed by atoms with van der Waals surface area (Å²) in [4.78, 5) is 38.9. The molecule has 2 aromatic rings. The van der Waals surface area contributed by atoms with Gasteiger partial charge >= 0.3 is 5.97 Å². The average molecular weight is 514 g/mol. The van der Waals surface area contributed by atoms with Crippen molar-refractivity contribution in [2.24, 2.45) is 17.6 Å². The summed E-state index contributed by atoms with van der Waals surface area (Å²) in [7, 11) is 1.36. The molecule has 0 radical (unpaired) electrons. The highest BCUT2D eigenvalue weighted by atomic mass is 32.2. The fourth-order valence-electron chi connectivity index (χ4n) is 5.26. The predicted octanol–water partition coefficient (Wildman–Crippen LogP) is 1.51. The number of hydrogen-bond donors (Lipinski definition) is 3. The maximum Gasteiger partial charge on any atom is 0.310 e. The highest BCUT2D eigenvalue weighted by Crippen LogP contribution is 2.33. The SMILES string of the molecule is COC(=O)C[C@H]1[SH+][C@H]1NC(=O)CNC(=O)[C@H](CN)C1CCN([C@H](C)c2cccc3ccccc23)CC1. The molecular weight excluding hydrogens is 476 g/mol. The number of nitrogens with two attached hydrogens (primary N) is 1. The minimum absolute atomic E-state index is 0.0492. The number of carbonyl (C=O) groups excluding carboxylic acids is 3. The van der Waals surface area contributed by atoms with Crippen molar-refractivity contribution in [2.75, 3.05) is 33.3 Å². The number of rotatable bonds is 10. The molecule has 0 bridgehead atoms. The van der Waals surface area contributed by atoms with Crippen molar-refractivity contribution in [3.05, 3.63) is 48.0 Å². The van der Waals surface area contributed by atoms with Crippen molar-refractivity contribution >= 4 is 40.3 Å². The third kappa shape index (κ3) is 6.38. The van der Waals surface area contributed by atoms with Crippen LogP contribution in [0.4, 0.5) is 0 Å². The van der Waals surface area contributed by atoms with Crippen molar-refractivity contribution in [1.29, 1.82) is 0 Å². The number of piperidine rings is 1. The van der Waals surface area contributed by atoms with E-state index in [9.17, 15) is 14.4 Å². The summed E-state index contributed by atoms with van der Waals surface area (Å²) in [5, 5.41) is 8.21. The highest BCUT2D eigenvalue weighted by Gasteiger charge is 2.52. The van der Waals surface area contributed by atoms with Crippen molar-refractivity contribution < 1.29 is 19.1 Å². The summed E-state index contributed by atoms with van der Waals surface area (Å²) in [5.74, 6) is -0.796. The fourth-order valence-corrected chi connectivity index (χ4v) is 6.22. The number of ether oxygens (including phenoxy) is 1. The number of carbonyl (C=O) groups is 3. The number of hydrogen-bond acceptors (Lipinski definition) is 6. The Hall–Kier alpha value is -2.62. The molecule has 2 aliphatic rings. The van der Waals surface area contributed by atoms with Crippen LogP contribution in [0.5, 0.6) is 0 Å². The van der Waals surface area contributed by atoms with E-state index < -0.39 is 0 Å². The molecule has 8 nitrogen and oxygen atoms in total. The molecular formula is C27H37N4O4S+. The van der Waals surface area contributed by atoms with Crippen molar-refractivity contribution in [3.63, 3.8) is 0 Å². The van der Waals surface area contributed by atoms with Crippen molar-refractivity contribution in [3.8, 4) is 0 Å². The van der Waals surface area contributed by atoms with Gasteiger partial charge in [-0.1, -0.05) is 42.5 Å². The van der Waals surface area contributed by atoms with E-state index in [-0.39, 0.29) is 59.4 Å². The molecule has 2 aromatic carbocycles. The summed E-state index contributed by atoms with van der Waals surface area (Å²) in [6, 6.07) is 15.2. The smallest absolute Gasteiger partial charge is 0.310 e. The van der Waals surface area contributed by atoms with Crippen LogP contribution in [0.15, 0.2) is 42.5 Å². The standard InChI is InChI=1S/C27H36N4O4S/c1-17(20-9-5-7-18-6-3-4-8-21(18)20)31-12-10-19(11-13-31)22(15-28)26(34)29-16-24(32)30-27-23(36-27)14-25(33)35-2/h3-9,17,19,22-23,27H,10-16,28H2,1-2H3,(H,29,34)(H,30,32)/p+1/t17-,22-,23-,27-/m1/s1. The van der Waals surface area contributed by atoms with E-state index in [4.69, 9.17) is 5.73 Å². The number of nitrogens with one attached hydrogen (secondary N) is 2. The third-order valence-corrected chi connectivity index (χ3v) is 8.85. The van der Waals surface area contributed by atoms with Crippen molar-refractivity contribution in [2.45, 2.75) is 42.9 Å². The lowest BCUT2D eigenvalue weighted by Crippen LogP contribution is -2.47. The van der Waals surface area contributed by atoms with Crippen molar-refractivity contribution in [1.82, 2.24) is 15.5 Å². The number of thiol groups is 1. The first-order valence-electron chi connectivity index (χ1n) is 12.7. The Labute approximate surface area is 216 Å². The minimum atomic E-state index is -0.307. The van der Waals surface area contributed by atoms with Gasteiger partial charge < -0.3 is 21.1 Å². The monoisotopic (exact) mass is 513 g/mol. The molecule has 9 heteroatoms. The average Bonchev–Trinajstić information content (AvgIpc) is 3.63. The Morgan fingerprint density at radius 2 is 1.86 bits per heavy atom. The van der Waals surface area contributed by atoms with Gasteiger partial charge in [-0.25, -0.2) is 0 Å². The lowest BCUT2D eigenvalue weighted by Gasteiger charge is -2.38. The lowest BCUT2D eigenvalue weighted by molar-refractivity contribution is -0.140. The van der Waals surface area contributed by atoms with Crippen LogP contribution in [0.1, 0.15) is 37.8 Å². The zero-order valence-corrected chi connectivity index (χ0v) is 21.9. The van der Waals surface area contributed by atoms with Gasteiger partial charge in [0.1, 0.15) is 6.42 Å². The molecule has 36 heavy (non-hydrogen) atoms. The van der Waals surface area contributed by atoms with E-state index in [1.165, 1.54) is 23.4 Å². The summed E-state index contributed by atoms with van der Waals surface area (Å²) in [6.45, 7) is 4.24. The molecule has 0 unspecified atom stereocenters. The molecule has 2 amide bonds. The zero-order valence-electron chi connectivity index (χ0n) is 21.0. The van der Waals surface area contributed by atoms with Crippen LogP contribution in [0, 0.1) is 11.8 Å². The number of likely N-dealkylation sites (tertiary alicyclic amines) is 1.